The number of hydrogen-bond acceptors (Lipinski definition) is 5. The molecule has 3 fully saturated rings. The number of para-hydroxylation sites is 1. The highest BCUT2D eigenvalue weighted by Crippen LogP contribution is 2.41. The number of aromatic nitrogens is 1. The molecular formula is C23H26N4O3S. The molecule has 1 spiro atoms. The summed E-state index contributed by atoms with van der Waals surface area (Å²) in [6.07, 6.45) is 1.28. The van der Waals surface area contributed by atoms with Crippen LogP contribution in [0.3, 0.4) is 0 Å². The van der Waals surface area contributed by atoms with Crippen LogP contribution in [0, 0.1) is 0 Å². The second kappa shape index (κ2) is 6.80. The van der Waals surface area contributed by atoms with Crippen LogP contribution in [0.4, 0.5) is 5.69 Å². The molecule has 3 saturated heterocycles. The summed E-state index contributed by atoms with van der Waals surface area (Å²) in [5.41, 5.74) is 3.47. The Balaban J connectivity index is 1.47. The van der Waals surface area contributed by atoms with E-state index in [-0.39, 0.29) is 11.6 Å². The van der Waals surface area contributed by atoms with Crippen LogP contribution in [0.15, 0.2) is 53.4 Å². The minimum Gasteiger partial charge on any atom is -0.391 e. The summed E-state index contributed by atoms with van der Waals surface area (Å²) in [5.74, 6) is 0. The zero-order valence-corrected chi connectivity index (χ0v) is 18.0. The van der Waals surface area contributed by atoms with Gasteiger partial charge in [-0.25, -0.2) is 8.42 Å². The van der Waals surface area contributed by atoms with Gasteiger partial charge >= 0.3 is 0 Å². The van der Waals surface area contributed by atoms with Crippen molar-refractivity contribution in [3.8, 4) is 11.3 Å². The smallest absolute Gasteiger partial charge is 0.243 e. The van der Waals surface area contributed by atoms with Gasteiger partial charge in [0.1, 0.15) is 0 Å². The number of rotatable bonds is 4. The van der Waals surface area contributed by atoms with Crippen molar-refractivity contribution in [1.29, 1.82) is 0 Å². The van der Waals surface area contributed by atoms with Crippen molar-refractivity contribution in [2.75, 3.05) is 37.6 Å². The molecule has 0 saturated carbocycles. The zero-order valence-electron chi connectivity index (χ0n) is 17.2. The Morgan fingerprint density at radius 1 is 1.06 bits per heavy atom. The van der Waals surface area contributed by atoms with Crippen LogP contribution in [0.2, 0.25) is 0 Å². The van der Waals surface area contributed by atoms with Gasteiger partial charge in [-0.2, -0.15) is 4.31 Å². The number of nitrogens with zero attached hydrogens (tertiary/aromatic N) is 2. The standard InChI is InChI=1S/C23H26N4O3S/c28-17-7-9-26(13-17)22-6-5-18(31(29,30)27-10-8-23(27)14-24-15-23)12-19(22)21-11-16-3-1-2-4-20(16)25-21/h1-6,11-12,17,24-25,28H,7-10,13-15H2/t17-/m0/s1. The van der Waals surface area contributed by atoms with E-state index >= 15 is 0 Å². The quantitative estimate of drug-likeness (QED) is 0.581. The lowest BCUT2D eigenvalue weighted by atomic mass is 9.82. The maximum atomic E-state index is 13.5. The SMILES string of the molecule is O=S(=O)(c1ccc(N2CC[C@H](O)C2)c(-c2cc3ccccc3[nH]2)c1)N1CCC12CNC2. The van der Waals surface area contributed by atoms with Gasteiger partial charge in [0.2, 0.25) is 10.0 Å². The molecule has 7 nitrogen and oxygen atoms in total. The van der Waals surface area contributed by atoms with Crippen molar-refractivity contribution in [1.82, 2.24) is 14.6 Å². The van der Waals surface area contributed by atoms with Crippen molar-refractivity contribution in [2.45, 2.75) is 29.4 Å². The highest BCUT2D eigenvalue weighted by atomic mass is 32.2. The summed E-state index contributed by atoms with van der Waals surface area (Å²) in [6, 6.07) is 15.5. The monoisotopic (exact) mass is 438 g/mol. The molecule has 0 amide bonds. The van der Waals surface area contributed by atoms with Crippen molar-refractivity contribution >= 4 is 26.6 Å². The third-order valence-electron chi connectivity index (χ3n) is 7.10. The van der Waals surface area contributed by atoms with Crippen LogP contribution in [-0.2, 0) is 10.0 Å². The van der Waals surface area contributed by atoms with Crippen molar-refractivity contribution < 1.29 is 13.5 Å². The summed E-state index contributed by atoms with van der Waals surface area (Å²) in [4.78, 5) is 5.92. The lowest BCUT2D eigenvalue weighted by molar-refractivity contribution is 0.0199. The number of aliphatic hydroxyl groups excluding tert-OH is 1. The third-order valence-corrected chi connectivity index (χ3v) is 9.10. The molecule has 3 aromatic rings. The van der Waals surface area contributed by atoms with Crippen molar-refractivity contribution in [3.63, 3.8) is 0 Å². The van der Waals surface area contributed by atoms with Gasteiger partial charge in [-0.1, -0.05) is 18.2 Å². The highest BCUT2D eigenvalue weighted by molar-refractivity contribution is 7.89. The number of nitrogens with one attached hydrogen (secondary N) is 2. The van der Waals surface area contributed by atoms with Crippen LogP contribution >= 0.6 is 0 Å². The molecule has 0 bridgehead atoms. The summed E-state index contributed by atoms with van der Waals surface area (Å²) in [7, 11) is -3.57. The zero-order chi connectivity index (χ0) is 21.2. The molecule has 3 aliphatic heterocycles. The van der Waals surface area contributed by atoms with E-state index in [4.69, 9.17) is 0 Å². The number of benzene rings is 2. The first-order chi connectivity index (χ1) is 15.0. The second-order valence-corrected chi connectivity index (χ2v) is 10.9. The molecule has 2 aromatic carbocycles. The summed E-state index contributed by atoms with van der Waals surface area (Å²) in [5, 5.41) is 14.4. The lowest BCUT2D eigenvalue weighted by Crippen LogP contribution is -2.76. The number of hydrogen-bond donors (Lipinski definition) is 3. The fourth-order valence-corrected chi connectivity index (χ4v) is 6.96. The molecule has 0 radical (unpaired) electrons. The molecule has 162 valence electrons. The predicted molar refractivity (Wildman–Crippen MR) is 121 cm³/mol. The fraction of sp³-hybridized carbons (Fsp3) is 0.391. The van der Waals surface area contributed by atoms with Gasteiger partial charge in [-0.3, -0.25) is 0 Å². The van der Waals surface area contributed by atoms with Crippen LogP contribution in [0.25, 0.3) is 22.2 Å². The molecule has 31 heavy (non-hydrogen) atoms. The van der Waals surface area contributed by atoms with Crippen LogP contribution in [-0.4, -0.2) is 67.2 Å². The molecule has 8 heteroatoms. The van der Waals surface area contributed by atoms with E-state index in [1.165, 1.54) is 0 Å². The normalized spacial score (nSPS) is 23.3. The molecule has 4 heterocycles. The molecule has 0 aliphatic carbocycles. The maximum Gasteiger partial charge on any atom is 0.243 e. The number of β-amino-alcohol motifs (C(OH)–C–C–N with tert-alkyl or cyclic N) is 1. The van der Waals surface area contributed by atoms with E-state index in [0.717, 1.165) is 60.3 Å². The molecule has 1 aromatic heterocycles. The number of aliphatic hydroxyl groups is 1. The molecular weight excluding hydrogens is 412 g/mol. The number of aromatic amines is 1. The number of sulfonamides is 1. The van der Waals surface area contributed by atoms with E-state index in [0.29, 0.717) is 18.0 Å². The highest BCUT2D eigenvalue weighted by Gasteiger charge is 2.55. The molecule has 6 rings (SSSR count). The number of fused-ring (bicyclic) bond motifs is 1. The fourth-order valence-electron chi connectivity index (χ4n) is 5.13. The number of H-pyrrole nitrogens is 1. The van der Waals surface area contributed by atoms with E-state index in [9.17, 15) is 13.5 Å². The molecule has 0 unspecified atom stereocenters. The Morgan fingerprint density at radius 3 is 2.55 bits per heavy atom. The topological polar surface area (TPSA) is 88.7 Å². The van der Waals surface area contributed by atoms with Gasteiger partial charge in [0, 0.05) is 60.6 Å². The average Bonchev–Trinajstić information content (AvgIpc) is 3.31. The average molecular weight is 439 g/mol. The summed E-state index contributed by atoms with van der Waals surface area (Å²) in [6.45, 7) is 3.34. The largest absolute Gasteiger partial charge is 0.391 e. The van der Waals surface area contributed by atoms with Gasteiger partial charge in [0.05, 0.1) is 16.5 Å². The first kappa shape index (κ1) is 19.3. The number of anilines is 1. The van der Waals surface area contributed by atoms with Gasteiger partial charge in [-0.15, -0.1) is 0 Å². The van der Waals surface area contributed by atoms with E-state index < -0.39 is 10.0 Å². The van der Waals surface area contributed by atoms with Gasteiger partial charge < -0.3 is 20.3 Å². The van der Waals surface area contributed by atoms with Gasteiger partial charge in [0.25, 0.3) is 0 Å². The Bertz CT molecular complexity index is 1230. The van der Waals surface area contributed by atoms with Crippen LogP contribution in [0.5, 0.6) is 0 Å². The van der Waals surface area contributed by atoms with Crippen molar-refractivity contribution in [3.05, 3.63) is 48.5 Å². The van der Waals surface area contributed by atoms with Gasteiger partial charge in [0.15, 0.2) is 0 Å². The Kier molecular flexibility index (Phi) is 4.24. The Hall–Kier alpha value is -2.39. The van der Waals surface area contributed by atoms with Gasteiger partial charge in [-0.05, 0) is 43.2 Å². The lowest BCUT2D eigenvalue weighted by Gasteiger charge is -2.57. The van der Waals surface area contributed by atoms with E-state index in [1.807, 2.05) is 30.3 Å². The first-order valence-electron chi connectivity index (χ1n) is 10.9. The summed E-state index contributed by atoms with van der Waals surface area (Å²) < 4.78 is 28.7. The molecule has 3 N–H and O–H groups in total. The van der Waals surface area contributed by atoms with E-state index in [1.54, 1.807) is 16.4 Å². The molecule has 1 atom stereocenters. The first-order valence-corrected chi connectivity index (χ1v) is 12.3. The minimum absolute atomic E-state index is 0.238. The summed E-state index contributed by atoms with van der Waals surface area (Å²) >= 11 is 0. The molecule has 3 aliphatic rings. The third kappa shape index (κ3) is 2.93. The predicted octanol–water partition coefficient (Wildman–Crippen LogP) is 2.14. The van der Waals surface area contributed by atoms with Crippen LogP contribution in [0.1, 0.15) is 12.8 Å². The Labute approximate surface area is 181 Å². The van der Waals surface area contributed by atoms with Crippen molar-refractivity contribution in [2.24, 2.45) is 0 Å². The Morgan fingerprint density at radius 2 is 1.90 bits per heavy atom. The maximum absolute atomic E-state index is 13.5. The minimum atomic E-state index is -3.57. The second-order valence-electron chi connectivity index (χ2n) is 8.99. The van der Waals surface area contributed by atoms with Crippen LogP contribution < -0.4 is 10.2 Å². The van der Waals surface area contributed by atoms with E-state index in [2.05, 4.69) is 21.3 Å².